The van der Waals surface area contributed by atoms with Gasteiger partial charge < -0.3 is 20.1 Å². The molecule has 0 amide bonds. The third-order valence-electron chi connectivity index (χ3n) is 5.76. The highest BCUT2D eigenvalue weighted by Gasteiger charge is 2.32. The van der Waals surface area contributed by atoms with E-state index >= 15 is 0 Å². The minimum atomic E-state index is -1.46. The Morgan fingerprint density at radius 2 is 2.07 bits per heavy atom. The largest absolute Gasteiger partial charge is 0.492 e. The van der Waals surface area contributed by atoms with E-state index in [1.165, 1.54) is 26.0 Å². The minimum absolute atomic E-state index is 0.0127. The highest BCUT2D eigenvalue weighted by Crippen LogP contribution is 2.37. The number of fused-ring (bicyclic) bond motifs is 1. The molecule has 150 valence electrons. The SMILES string of the molecule is COc1c(N2CCC(NC3CC3)C(C)C2)ccc2c(=O)c(C(=O)O)cn(F)c12. The first-order valence-electron chi connectivity index (χ1n) is 9.57. The Morgan fingerprint density at radius 1 is 1.32 bits per heavy atom. The molecule has 1 saturated carbocycles. The fourth-order valence-corrected chi connectivity index (χ4v) is 4.10. The molecular weight excluding hydrogens is 365 g/mol. The molecular formula is C20H24FN3O4. The van der Waals surface area contributed by atoms with E-state index in [1.54, 1.807) is 6.07 Å². The number of hydrogen-bond donors (Lipinski definition) is 2. The standard InChI is InChI=1S/C20H24FN3O4/c1-11-9-23(8-7-15(11)22-12-3-4-12)16-6-5-13-17(19(16)28-2)24(21)10-14(18(13)25)20(26)27/h5-6,10-12,15,22H,3-4,7-9H2,1-2H3,(H,26,27). The fraction of sp³-hybridized carbons (Fsp3) is 0.500. The first-order valence-corrected chi connectivity index (χ1v) is 9.57. The Labute approximate surface area is 161 Å². The molecule has 2 heterocycles. The van der Waals surface area contributed by atoms with E-state index in [9.17, 15) is 14.1 Å². The minimum Gasteiger partial charge on any atom is -0.492 e. The molecule has 1 aromatic carbocycles. The molecule has 1 saturated heterocycles. The van der Waals surface area contributed by atoms with Gasteiger partial charge in [-0.1, -0.05) is 11.4 Å². The van der Waals surface area contributed by atoms with Crippen molar-refractivity contribution in [2.45, 2.75) is 38.3 Å². The predicted octanol–water partition coefficient (Wildman–Crippen LogP) is 2.41. The number of piperidine rings is 1. The van der Waals surface area contributed by atoms with Crippen molar-refractivity contribution in [3.8, 4) is 5.75 Å². The molecule has 28 heavy (non-hydrogen) atoms. The quantitative estimate of drug-likeness (QED) is 0.817. The average Bonchev–Trinajstić information content (AvgIpc) is 3.49. The van der Waals surface area contributed by atoms with Crippen molar-refractivity contribution in [1.82, 2.24) is 10.1 Å². The van der Waals surface area contributed by atoms with E-state index in [1.807, 2.05) is 0 Å². The van der Waals surface area contributed by atoms with Gasteiger partial charge in [0.15, 0.2) is 5.75 Å². The van der Waals surface area contributed by atoms with Crippen LogP contribution in [0.3, 0.4) is 0 Å². The highest BCUT2D eigenvalue weighted by molar-refractivity contribution is 5.96. The predicted molar refractivity (Wildman–Crippen MR) is 104 cm³/mol. The van der Waals surface area contributed by atoms with Crippen LogP contribution in [0.2, 0.25) is 0 Å². The number of rotatable bonds is 5. The molecule has 2 N–H and O–H groups in total. The molecule has 8 heteroatoms. The average molecular weight is 389 g/mol. The molecule has 7 nitrogen and oxygen atoms in total. The number of carboxylic acids is 1. The summed E-state index contributed by atoms with van der Waals surface area (Å²) in [6.07, 6.45) is 4.17. The molecule has 0 bridgehead atoms. The second-order valence-corrected chi connectivity index (χ2v) is 7.76. The molecule has 0 spiro atoms. The van der Waals surface area contributed by atoms with Gasteiger partial charge in [-0.3, -0.25) is 4.79 Å². The highest BCUT2D eigenvalue weighted by atomic mass is 19.2. The number of nitrogens with one attached hydrogen (secondary N) is 1. The topological polar surface area (TPSA) is 83.8 Å². The van der Waals surface area contributed by atoms with E-state index in [2.05, 4.69) is 17.1 Å². The van der Waals surface area contributed by atoms with Crippen LogP contribution in [0.4, 0.5) is 10.2 Å². The molecule has 2 aromatic rings. The second-order valence-electron chi connectivity index (χ2n) is 7.76. The van der Waals surface area contributed by atoms with Crippen molar-refractivity contribution in [1.29, 1.82) is 0 Å². The summed E-state index contributed by atoms with van der Waals surface area (Å²) in [5.74, 6) is -0.799. The number of aromatic carboxylic acids is 1. The molecule has 2 fully saturated rings. The zero-order valence-electron chi connectivity index (χ0n) is 15.9. The van der Waals surface area contributed by atoms with Crippen LogP contribution in [0, 0.1) is 5.92 Å². The third kappa shape index (κ3) is 3.22. The van der Waals surface area contributed by atoms with Crippen molar-refractivity contribution in [2.24, 2.45) is 5.92 Å². The summed E-state index contributed by atoms with van der Waals surface area (Å²) in [5, 5.41) is 12.8. The van der Waals surface area contributed by atoms with Gasteiger partial charge in [0.2, 0.25) is 5.43 Å². The summed E-state index contributed by atoms with van der Waals surface area (Å²) in [6, 6.07) is 4.32. The number of ether oxygens (including phenoxy) is 1. The number of carboxylic acid groups (broad SMARTS) is 1. The maximum absolute atomic E-state index is 14.7. The molecule has 1 aliphatic carbocycles. The number of carbonyl (C=O) groups is 1. The number of benzene rings is 1. The Balaban J connectivity index is 1.72. The lowest BCUT2D eigenvalue weighted by Gasteiger charge is -2.39. The number of halogens is 1. The number of aromatic nitrogens is 1. The zero-order valence-corrected chi connectivity index (χ0v) is 15.9. The maximum Gasteiger partial charge on any atom is 0.341 e. The zero-order chi connectivity index (χ0) is 20.0. The molecule has 2 atom stereocenters. The molecule has 2 aliphatic rings. The van der Waals surface area contributed by atoms with E-state index in [0.717, 1.165) is 19.5 Å². The first kappa shape index (κ1) is 18.7. The van der Waals surface area contributed by atoms with Gasteiger partial charge in [-0.25, -0.2) is 4.79 Å². The van der Waals surface area contributed by atoms with E-state index in [0.29, 0.717) is 29.9 Å². The fourth-order valence-electron chi connectivity index (χ4n) is 4.10. The van der Waals surface area contributed by atoms with E-state index < -0.39 is 17.0 Å². The van der Waals surface area contributed by atoms with Crippen LogP contribution in [0.25, 0.3) is 10.9 Å². The van der Waals surface area contributed by atoms with E-state index in [-0.39, 0.29) is 21.4 Å². The number of methoxy groups -OCH3 is 1. The lowest BCUT2D eigenvalue weighted by molar-refractivity contribution is 0.0693. The number of hydrogen-bond acceptors (Lipinski definition) is 5. The van der Waals surface area contributed by atoms with Crippen LogP contribution >= 0.6 is 0 Å². The van der Waals surface area contributed by atoms with Gasteiger partial charge in [0.05, 0.1) is 24.4 Å². The normalized spacial score (nSPS) is 22.5. The van der Waals surface area contributed by atoms with Crippen LogP contribution < -0.4 is 20.4 Å². The van der Waals surface area contributed by atoms with Gasteiger partial charge in [0, 0.05) is 25.2 Å². The summed E-state index contributed by atoms with van der Waals surface area (Å²) in [7, 11) is 1.43. The van der Waals surface area contributed by atoms with Gasteiger partial charge in [-0.2, -0.15) is 4.79 Å². The second kappa shape index (κ2) is 7.09. The number of anilines is 1. The van der Waals surface area contributed by atoms with Crippen LogP contribution in [0.1, 0.15) is 36.5 Å². The van der Waals surface area contributed by atoms with Gasteiger partial charge in [-0.15, -0.1) is 0 Å². The smallest absolute Gasteiger partial charge is 0.341 e. The summed E-state index contributed by atoms with van der Waals surface area (Å²) >= 11 is 0. The van der Waals surface area contributed by atoms with Crippen molar-refractivity contribution >= 4 is 22.6 Å². The Bertz CT molecular complexity index is 986. The van der Waals surface area contributed by atoms with Gasteiger partial charge >= 0.3 is 5.97 Å². The number of nitrogens with zero attached hydrogens (tertiary/aromatic N) is 2. The van der Waals surface area contributed by atoms with Gasteiger partial charge in [0.25, 0.3) is 0 Å². The number of pyridine rings is 1. The molecule has 1 aromatic heterocycles. The summed E-state index contributed by atoms with van der Waals surface area (Å²) in [5.41, 5.74) is -0.658. The summed E-state index contributed by atoms with van der Waals surface area (Å²) in [4.78, 5) is 26.0. The third-order valence-corrected chi connectivity index (χ3v) is 5.76. The van der Waals surface area contributed by atoms with Crippen LogP contribution in [-0.4, -0.2) is 48.1 Å². The lowest BCUT2D eigenvalue weighted by atomic mass is 9.93. The molecule has 2 unspecified atom stereocenters. The lowest BCUT2D eigenvalue weighted by Crippen LogP contribution is -2.49. The molecule has 1 aliphatic heterocycles. The van der Waals surface area contributed by atoms with Gasteiger partial charge in [-0.05, 0) is 37.3 Å². The van der Waals surface area contributed by atoms with Crippen molar-refractivity contribution < 1.29 is 19.1 Å². The monoisotopic (exact) mass is 389 g/mol. The Hall–Kier alpha value is -2.61. The van der Waals surface area contributed by atoms with Gasteiger partial charge in [0.1, 0.15) is 11.1 Å². The summed E-state index contributed by atoms with van der Waals surface area (Å²) < 4.78 is 20.2. The Morgan fingerprint density at radius 3 is 2.68 bits per heavy atom. The summed E-state index contributed by atoms with van der Waals surface area (Å²) in [6.45, 7) is 3.78. The van der Waals surface area contributed by atoms with Crippen LogP contribution in [-0.2, 0) is 0 Å². The molecule has 0 radical (unpaired) electrons. The van der Waals surface area contributed by atoms with Crippen molar-refractivity contribution in [2.75, 3.05) is 25.1 Å². The maximum atomic E-state index is 14.7. The molecule has 4 rings (SSSR count). The van der Waals surface area contributed by atoms with Crippen molar-refractivity contribution in [3.63, 3.8) is 0 Å². The van der Waals surface area contributed by atoms with E-state index in [4.69, 9.17) is 9.84 Å². The Kier molecular flexibility index (Phi) is 4.74. The van der Waals surface area contributed by atoms with Crippen LogP contribution in [0.15, 0.2) is 23.1 Å². The van der Waals surface area contributed by atoms with Crippen molar-refractivity contribution in [3.05, 3.63) is 34.1 Å². The van der Waals surface area contributed by atoms with Crippen LogP contribution in [0.5, 0.6) is 5.75 Å². The first-order chi connectivity index (χ1) is 13.4.